The molecule has 0 aliphatic carbocycles. The number of halogens is 1. The summed E-state index contributed by atoms with van der Waals surface area (Å²) in [4.78, 5) is 15.3. The Labute approximate surface area is 117 Å². The number of thiophene rings is 1. The molecule has 1 unspecified atom stereocenters. The Morgan fingerprint density at radius 2 is 2.17 bits per heavy atom. The number of nitrogens with one attached hydrogen (secondary N) is 1. The average molecular weight is 287 g/mol. The van der Waals surface area contributed by atoms with E-state index in [2.05, 4.69) is 10.2 Å². The van der Waals surface area contributed by atoms with Crippen molar-refractivity contribution >= 4 is 28.7 Å². The SMILES string of the molecule is CC(C(=O)c1ccc(Cl)s1)N(C)C1CCNCC1. The van der Waals surface area contributed by atoms with Crippen LogP contribution in [0.2, 0.25) is 4.34 Å². The third kappa shape index (κ3) is 3.12. The van der Waals surface area contributed by atoms with Gasteiger partial charge in [0.05, 0.1) is 15.3 Å². The third-order valence-electron chi connectivity index (χ3n) is 3.69. The normalized spacial score (nSPS) is 19.1. The number of likely N-dealkylation sites (N-methyl/N-ethyl adjacent to an activating group) is 1. The van der Waals surface area contributed by atoms with E-state index < -0.39 is 0 Å². The summed E-state index contributed by atoms with van der Waals surface area (Å²) in [6.07, 6.45) is 2.22. The number of rotatable bonds is 4. The summed E-state index contributed by atoms with van der Waals surface area (Å²) in [7, 11) is 2.05. The number of nitrogens with zero attached hydrogens (tertiary/aromatic N) is 1. The summed E-state index contributed by atoms with van der Waals surface area (Å²) >= 11 is 7.25. The van der Waals surface area contributed by atoms with Gasteiger partial charge in [-0.3, -0.25) is 9.69 Å². The van der Waals surface area contributed by atoms with Crippen LogP contribution in [0.3, 0.4) is 0 Å². The molecule has 0 aromatic carbocycles. The Bertz CT molecular complexity index is 415. The summed E-state index contributed by atoms with van der Waals surface area (Å²) in [5.74, 6) is 0.174. The highest BCUT2D eigenvalue weighted by atomic mass is 35.5. The maximum absolute atomic E-state index is 12.3. The van der Waals surface area contributed by atoms with Crippen molar-refractivity contribution in [2.45, 2.75) is 31.8 Å². The summed E-state index contributed by atoms with van der Waals surface area (Å²) < 4.78 is 0.676. The molecule has 100 valence electrons. The van der Waals surface area contributed by atoms with Crippen LogP contribution in [0.15, 0.2) is 12.1 Å². The molecule has 0 radical (unpaired) electrons. The van der Waals surface area contributed by atoms with Crippen LogP contribution in [-0.4, -0.2) is 42.9 Å². The molecule has 18 heavy (non-hydrogen) atoms. The minimum atomic E-state index is -0.0807. The Kier molecular flexibility index (Phi) is 4.78. The van der Waals surface area contributed by atoms with E-state index in [-0.39, 0.29) is 11.8 Å². The zero-order valence-electron chi connectivity index (χ0n) is 10.8. The van der Waals surface area contributed by atoms with Crippen LogP contribution >= 0.6 is 22.9 Å². The molecule has 1 aliphatic rings. The van der Waals surface area contributed by atoms with Crippen LogP contribution in [0.4, 0.5) is 0 Å². The number of Topliss-reactive ketones (excluding diaryl/α,β-unsaturated/α-hetero) is 1. The molecule has 1 fully saturated rings. The van der Waals surface area contributed by atoms with Crippen molar-refractivity contribution in [2.24, 2.45) is 0 Å². The number of hydrogen-bond donors (Lipinski definition) is 1. The highest BCUT2D eigenvalue weighted by Gasteiger charge is 2.27. The summed E-state index contributed by atoms with van der Waals surface area (Å²) in [5.41, 5.74) is 0. The van der Waals surface area contributed by atoms with Gasteiger partial charge in [0, 0.05) is 6.04 Å². The molecule has 0 amide bonds. The van der Waals surface area contributed by atoms with Crippen LogP contribution in [-0.2, 0) is 0 Å². The first-order valence-electron chi connectivity index (χ1n) is 6.32. The Morgan fingerprint density at radius 1 is 1.50 bits per heavy atom. The van der Waals surface area contributed by atoms with E-state index in [0.29, 0.717) is 10.4 Å². The lowest BCUT2D eigenvalue weighted by Gasteiger charge is -2.34. The first kappa shape index (κ1) is 14.0. The lowest BCUT2D eigenvalue weighted by molar-refractivity contribution is 0.0790. The van der Waals surface area contributed by atoms with E-state index in [1.807, 2.05) is 20.0 Å². The van der Waals surface area contributed by atoms with E-state index in [4.69, 9.17) is 11.6 Å². The zero-order valence-corrected chi connectivity index (χ0v) is 12.4. The van der Waals surface area contributed by atoms with Crippen molar-refractivity contribution in [1.82, 2.24) is 10.2 Å². The largest absolute Gasteiger partial charge is 0.317 e. The summed E-state index contributed by atoms with van der Waals surface area (Å²) in [5, 5.41) is 3.35. The molecule has 1 aliphatic heterocycles. The van der Waals surface area contributed by atoms with Gasteiger partial charge in [-0.05, 0) is 52.0 Å². The molecule has 1 atom stereocenters. The topological polar surface area (TPSA) is 32.3 Å². The number of hydrogen-bond acceptors (Lipinski definition) is 4. The molecule has 1 aromatic heterocycles. The van der Waals surface area contributed by atoms with Gasteiger partial charge < -0.3 is 5.32 Å². The fourth-order valence-electron chi connectivity index (χ4n) is 2.37. The molecule has 1 saturated heterocycles. The molecule has 2 heterocycles. The zero-order chi connectivity index (χ0) is 13.1. The first-order chi connectivity index (χ1) is 8.59. The minimum Gasteiger partial charge on any atom is -0.317 e. The minimum absolute atomic E-state index is 0.0807. The Balaban J connectivity index is 2.01. The van der Waals surface area contributed by atoms with Gasteiger partial charge >= 0.3 is 0 Å². The van der Waals surface area contributed by atoms with Crippen molar-refractivity contribution in [1.29, 1.82) is 0 Å². The molecule has 0 saturated carbocycles. The third-order valence-corrected chi connectivity index (χ3v) is 4.94. The number of ketones is 1. The lowest BCUT2D eigenvalue weighted by atomic mass is 10.0. The number of piperidine rings is 1. The van der Waals surface area contributed by atoms with Gasteiger partial charge in [-0.2, -0.15) is 0 Å². The van der Waals surface area contributed by atoms with E-state index >= 15 is 0 Å². The second-order valence-electron chi connectivity index (χ2n) is 4.79. The van der Waals surface area contributed by atoms with Gasteiger partial charge in [-0.15, -0.1) is 11.3 Å². The predicted octanol–water partition coefficient (Wildman–Crippen LogP) is 2.66. The maximum Gasteiger partial charge on any atom is 0.189 e. The monoisotopic (exact) mass is 286 g/mol. The van der Waals surface area contributed by atoms with E-state index in [0.717, 1.165) is 30.8 Å². The second kappa shape index (κ2) is 6.15. The summed E-state index contributed by atoms with van der Waals surface area (Å²) in [6.45, 7) is 4.07. The maximum atomic E-state index is 12.3. The van der Waals surface area contributed by atoms with Gasteiger partial charge in [0.15, 0.2) is 5.78 Å². The molecule has 3 nitrogen and oxygen atoms in total. The number of carbonyl (C=O) groups is 1. The summed E-state index contributed by atoms with van der Waals surface area (Å²) in [6, 6.07) is 4.03. The molecule has 5 heteroatoms. The molecular weight excluding hydrogens is 268 g/mol. The Hall–Kier alpha value is -0.420. The molecule has 1 N–H and O–H groups in total. The van der Waals surface area contributed by atoms with Gasteiger partial charge in [0.1, 0.15) is 0 Å². The predicted molar refractivity (Wildman–Crippen MR) is 76.8 cm³/mol. The second-order valence-corrected chi connectivity index (χ2v) is 6.51. The standard InChI is InChI=1S/C13H19ClN2OS/c1-9(13(17)11-3-4-12(14)18-11)16(2)10-5-7-15-8-6-10/h3-4,9-10,15H,5-8H2,1-2H3. The molecule has 1 aromatic rings. The van der Waals surface area contributed by atoms with Crippen LogP contribution in [0.1, 0.15) is 29.4 Å². The molecule has 2 rings (SSSR count). The highest BCUT2D eigenvalue weighted by molar-refractivity contribution is 7.18. The molecule has 0 spiro atoms. The highest BCUT2D eigenvalue weighted by Crippen LogP contribution is 2.24. The van der Waals surface area contributed by atoms with Crippen molar-refractivity contribution in [3.63, 3.8) is 0 Å². The van der Waals surface area contributed by atoms with E-state index in [1.54, 1.807) is 6.07 Å². The van der Waals surface area contributed by atoms with Crippen molar-refractivity contribution in [2.75, 3.05) is 20.1 Å². The van der Waals surface area contributed by atoms with Crippen molar-refractivity contribution in [3.8, 4) is 0 Å². The van der Waals surface area contributed by atoms with Crippen molar-refractivity contribution in [3.05, 3.63) is 21.3 Å². The fourth-order valence-corrected chi connectivity index (χ4v) is 3.43. The van der Waals surface area contributed by atoms with Gasteiger partial charge in [0.25, 0.3) is 0 Å². The first-order valence-corrected chi connectivity index (χ1v) is 7.51. The number of carbonyl (C=O) groups excluding carboxylic acids is 1. The fraction of sp³-hybridized carbons (Fsp3) is 0.615. The van der Waals surface area contributed by atoms with Gasteiger partial charge in [-0.1, -0.05) is 11.6 Å². The van der Waals surface area contributed by atoms with Crippen LogP contribution in [0.25, 0.3) is 0 Å². The smallest absolute Gasteiger partial charge is 0.189 e. The quantitative estimate of drug-likeness (QED) is 0.864. The van der Waals surface area contributed by atoms with Crippen LogP contribution in [0.5, 0.6) is 0 Å². The molecular formula is C13H19ClN2OS. The molecule has 0 bridgehead atoms. The van der Waals surface area contributed by atoms with Gasteiger partial charge in [-0.25, -0.2) is 0 Å². The Morgan fingerprint density at radius 3 is 2.72 bits per heavy atom. The van der Waals surface area contributed by atoms with Crippen LogP contribution < -0.4 is 5.32 Å². The van der Waals surface area contributed by atoms with E-state index in [1.165, 1.54) is 11.3 Å². The van der Waals surface area contributed by atoms with E-state index in [9.17, 15) is 4.79 Å². The van der Waals surface area contributed by atoms with Gasteiger partial charge in [0.2, 0.25) is 0 Å². The average Bonchev–Trinajstić information content (AvgIpc) is 2.84. The lowest BCUT2D eigenvalue weighted by Crippen LogP contribution is -2.47. The van der Waals surface area contributed by atoms with Crippen molar-refractivity contribution < 1.29 is 4.79 Å². The van der Waals surface area contributed by atoms with Crippen LogP contribution in [0, 0.1) is 0 Å².